The van der Waals surface area contributed by atoms with Crippen LogP contribution < -0.4 is 0 Å². The van der Waals surface area contributed by atoms with Crippen LogP contribution in [0.5, 0.6) is 0 Å². The van der Waals surface area contributed by atoms with Gasteiger partial charge >= 0.3 is 0 Å². The third-order valence-corrected chi connectivity index (χ3v) is 33.3. The number of aromatic nitrogens is 3. The number of nitrogens with zero attached hydrogens (tertiary/aromatic N) is 3. The van der Waals surface area contributed by atoms with Gasteiger partial charge in [-0.05, 0) is 181 Å². The van der Waals surface area contributed by atoms with E-state index in [0.29, 0.717) is 0 Å². The van der Waals surface area contributed by atoms with Crippen LogP contribution >= 0.6 is 45.3 Å². The molecular weight excluding hydrogens is 1790 g/mol. The van der Waals surface area contributed by atoms with Gasteiger partial charge in [0.15, 0.2) is 11.2 Å². The van der Waals surface area contributed by atoms with E-state index < -0.39 is 0 Å². The van der Waals surface area contributed by atoms with Crippen molar-refractivity contribution in [2.45, 2.75) is 0 Å². The third-order valence-electron chi connectivity index (χ3n) is 28.3. The first kappa shape index (κ1) is 82.0. The van der Waals surface area contributed by atoms with Crippen molar-refractivity contribution in [3.8, 4) is 117 Å². The quantitative estimate of drug-likeness (QED) is 0.122. The van der Waals surface area contributed by atoms with Crippen LogP contribution in [0.2, 0.25) is 0 Å². The molecule has 0 bridgehead atoms. The summed E-state index contributed by atoms with van der Waals surface area (Å²) in [5.74, 6) is 0. The van der Waals surface area contributed by atoms with Crippen molar-refractivity contribution in [2.24, 2.45) is 0 Å². The molecule has 5 nitrogen and oxygen atoms in total. The van der Waals surface area contributed by atoms with Crippen LogP contribution in [0.1, 0.15) is 0 Å². The molecule has 141 heavy (non-hydrogen) atoms. The van der Waals surface area contributed by atoms with Crippen LogP contribution in [0.4, 0.5) is 0 Å². The second-order valence-corrected chi connectivity index (χ2v) is 40.2. The van der Waals surface area contributed by atoms with Crippen molar-refractivity contribution in [1.29, 1.82) is 0 Å². The molecule has 30 rings (SSSR count). The molecule has 0 spiro atoms. The average Bonchev–Trinajstić information content (AvgIpc) is 1.56. The maximum Gasteiger partial charge on any atom is 0.161 e. The van der Waals surface area contributed by atoms with Crippen LogP contribution in [0.25, 0.3) is 275 Å². The van der Waals surface area contributed by atoms with E-state index >= 15 is 0 Å². The number of rotatable bonds is 12. The van der Waals surface area contributed by atoms with Gasteiger partial charge < -0.3 is 22.5 Å². The average molecular weight is 1870 g/mol. The predicted molar refractivity (Wildman–Crippen MR) is 605 cm³/mol. The highest BCUT2D eigenvalue weighted by molar-refractivity contribution is 7.28. The zero-order chi connectivity index (χ0) is 92.7. The number of para-hydroxylation sites is 6. The summed E-state index contributed by atoms with van der Waals surface area (Å²) in [6, 6.07) is 177. The highest BCUT2D eigenvalue weighted by Gasteiger charge is 2.29. The van der Waals surface area contributed by atoms with Crippen LogP contribution in [0.3, 0.4) is 0 Å². The van der Waals surface area contributed by atoms with Gasteiger partial charge in [0.25, 0.3) is 0 Å². The van der Waals surface area contributed by atoms with E-state index in [1.54, 1.807) is 0 Å². The molecule has 0 aliphatic rings. The molecule has 0 atom stereocenters. The standard InChI is InChI=1S/2C44H27NOS.C44H27NS2/c1-3-14-28(15-4-1)30-21-11-24-36-40-33(23-13-27-39(40)47-44(30)36)31-18-7-8-19-32(31)34-22-12-26-38-41(34)42-43(46-38)35-20-9-10-25-37(35)45(42)29-16-5-2-6-17-29;1-3-13-28(14-4-1)29-25-26-40-37(27-29)35-22-11-21-34(44(35)47-40)32-18-8-7-17-31(32)33-20-12-24-39-41(33)42-43(46-39)36-19-9-10-23-38(36)45(42)30-15-5-2-6-16-30;1-3-14-28(15-4-1)30-21-11-24-35-36-25-12-22-33(42(36)46-41(30)35)31-18-7-8-19-32(31)34-23-13-26-38-40-44(47-43(34)38)37-20-9-10-27-39(37)45(40)29-16-5-2-6-17-29/h3*1-27H. The molecule has 9 heteroatoms. The van der Waals surface area contributed by atoms with Gasteiger partial charge in [-0.1, -0.05) is 394 Å². The van der Waals surface area contributed by atoms with Crippen LogP contribution in [-0.4, -0.2) is 13.7 Å². The first-order valence-electron chi connectivity index (χ1n) is 47.8. The van der Waals surface area contributed by atoms with Crippen LogP contribution in [0.15, 0.2) is 500 Å². The molecular formula is C132H81N3O2S4. The normalized spacial score (nSPS) is 11.8. The van der Waals surface area contributed by atoms with Crippen molar-refractivity contribution in [2.75, 3.05) is 0 Å². The van der Waals surface area contributed by atoms with E-state index in [4.69, 9.17) is 8.83 Å². The lowest BCUT2D eigenvalue weighted by molar-refractivity contribution is 0.672. The van der Waals surface area contributed by atoms with E-state index in [9.17, 15) is 0 Å². The molecule has 0 radical (unpaired) electrons. The molecule has 9 aromatic heterocycles. The monoisotopic (exact) mass is 1870 g/mol. The zero-order valence-corrected chi connectivity index (χ0v) is 79.3. The summed E-state index contributed by atoms with van der Waals surface area (Å²) >= 11 is 7.60. The van der Waals surface area contributed by atoms with Gasteiger partial charge in [-0.3, -0.25) is 0 Å². The molecule has 0 N–H and O–H groups in total. The minimum absolute atomic E-state index is 0.893. The fourth-order valence-electron chi connectivity index (χ4n) is 22.2. The number of hydrogen-bond donors (Lipinski definition) is 0. The number of fused-ring (bicyclic) bond motifs is 24. The number of benzene rings is 21. The van der Waals surface area contributed by atoms with Gasteiger partial charge in [-0.15, -0.1) is 45.3 Å². The number of hydrogen-bond acceptors (Lipinski definition) is 6. The first-order valence-corrected chi connectivity index (χ1v) is 51.1. The fourth-order valence-corrected chi connectivity index (χ4v) is 27.4. The summed E-state index contributed by atoms with van der Waals surface area (Å²) in [5, 5.41) is 14.9. The second kappa shape index (κ2) is 33.9. The number of furan rings is 2. The summed E-state index contributed by atoms with van der Waals surface area (Å²) < 4.78 is 31.2. The first-order chi connectivity index (χ1) is 70.0. The molecule has 0 unspecified atom stereocenters. The Bertz CT molecular complexity index is 10200. The highest BCUT2D eigenvalue weighted by atomic mass is 32.1. The van der Waals surface area contributed by atoms with E-state index in [2.05, 4.69) is 505 Å². The van der Waals surface area contributed by atoms with Crippen molar-refractivity contribution in [3.63, 3.8) is 0 Å². The van der Waals surface area contributed by atoms with E-state index in [1.165, 1.54) is 198 Å². The third kappa shape index (κ3) is 13.4. The van der Waals surface area contributed by atoms with Gasteiger partial charge in [0.1, 0.15) is 22.2 Å². The Morgan fingerprint density at radius 3 is 0.929 bits per heavy atom. The lowest BCUT2D eigenvalue weighted by Gasteiger charge is -2.14. The molecule has 30 aromatic rings. The number of thiophene rings is 4. The Labute approximate surface area is 827 Å². The van der Waals surface area contributed by atoms with Crippen molar-refractivity contribution < 1.29 is 8.83 Å². The predicted octanol–water partition coefficient (Wildman–Crippen LogP) is 39.2. The maximum absolute atomic E-state index is 6.73. The van der Waals surface area contributed by atoms with Crippen molar-refractivity contribution in [3.05, 3.63) is 491 Å². The SMILES string of the molecule is c1ccc(-c2ccc3sc4c(-c5ccccc5-c5cccc6oc7c8ccccc8n(-c8ccccc8)c7c56)cccc4c3c2)cc1.c1ccc(-c2cccc3c2sc2c(-c4ccccc4-c4cccc5c4sc4c6ccccc6n(-c6ccccc6)c54)cccc23)cc1.c1ccc(-c2cccc3c2sc2cccc(-c4ccccc4-c4cccc5oc6c7ccccc7n(-c7ccccc7)c6c45)c23)cc1. The summed E-state index contributed by atoms with van der Waals surface area (Å²) in [5.41, 5.74) is 36.4. The molecule has 0 aliphatic carbocycles. The smallest absolute Gasteiger partial charge is 0.161 e. The molecule has 660 valence electrons. The van der Waals surface area contributed by atoms with Gasteiger partial charge in [-0.2, -0.15) is 0 Å². The zero-order valence-electron chi connectivity index (χ0n) is 76.1. The largest absolute Gasteiger partial charge is 0.454 e. The van der Waals surface area contributed by atoms with Crippen LogP contribution in [-0.2, 0) is 0 Å². The summed E-state index contributed by atoms with van der Waals surface area (Å²) in [6.45, 7) is 0. The summed E-state index contributed by atoms with van der Waals surface area (Å²) in [6.07, 6.45) is 0. The Morgan fingerprint density at radius 1 is 0.156 bits per heavy atom. The molecule has 0 saturated carbocycles. The van der Waals surface area contributed by atoms with E-state index in [0.717, 1.165) is 77.3 Å². The molecule has 9 heterocycles. The van der Waals surface area contributed by atoms with Crippen molar-refractivity contribution in [1.82, 2.24) is 13.7 Å². The van der Waals surface area contributed by atoms with Gasteiger partial charge in [-0.25, -0.2) is 0 Å². The van der Waals surface area contributed by atoms with E-state index in [1.807, 2.05) is 45.3 Å². The molecule has 21 aromatic carbocycles. The fraction of sp³-hybridized carbons (Fsp3) is 0. The van der Waals surface area contributed by atoms with Gasteiger partial charge in [0.05, 0.1) is 37.5 Å². The topological polar surface area (TPSA) is 41.1 Å². The molecule has 0 aliphatic heterocycles. The second-order valence-electron chi connectivity index (χ2n) is 36.1. The molecule has 0 amide bonds. The minimum atomic E-state index is 0.893. The maximum atomic E-state index is 6.73. The van der Waals surface area contributed by atoms with Crippen LogP contribution in [0, 0.1) is 0 Å². The Balaban J connectivity index is 0.000000104. The molecule has 0 saturated heterocycles. The minimum Gasteiger partial charge on any atom is -0.454 e. The molecule has 0 fully saturated rings. The van der Waals surface area contributed by atoms with Gasteiger partial charge in [0, 0.05) is 121 Å². The highest BCUT2D eigenvalue weighted by Crippen LogP contribution is 2.55. The summed E-state index contributed by atoms with van der Waals surface area (Å²) in [7, 11) is 0. The Hall–Kier alpha value is -17.3. The lowest BCUT2D eigenvalue weighted by Crippen LogP contribution is -1.94. The van der Waals surface area contributed by atoms with Gasteiger partial charge in [0.2, 0.25) is 0 Å². The lowest BCUT2D eigenvalue weighted by atomic mass is 9.90. The Kier molecular flexibility index (Phi) is 19.7. The van der Waals surface area contributed by atoms with E-state index in [-0.39, 0.29) is 0 Å². The van der Waals surface area contributed by atoms with Crippen molar-refractivity contribution >= 4 is 203 Å². The summed E-state index contributed by atoms with van der Waals surface area (Å²) in [4.78, 5) is 0. The Morgan fingerprint density at radius 2 is 0.454 bits per heavy atom.